The van der Waals surface area contributed by atoms with Gasteiger partial charge in [-0.2, -0.15) is 0 Å². The Kier molecular flexibility index (Phi) is 5.26. The first-order valence-corrected chi connectivity index (χ1v) is 11.7. The summed E-state index contributed by atoms with van der Waals surface area (Å²) in [4.78, 5) is 0. The zero-order valence-corrected chi connectivity index (χ0v) is 18.9. The molecule has 34 heavy (non-hydrogen) atoms. The van der Waals surface area contributed by atoms with E-state index in [1.165, 1.54) is 55.3 Å². The monoisotopic (exact) mass is 432 g/mol. The molecule has 6 aromatic carbocycles. The van der Waals surface area contributed by atoms with Crippen LogP contribution < -0.4 is 0 Å². The van der Waals surface area contributed by atoms with E-state index < -0.39 is 0 Å². The van der Waals surface area contributed by atoms with E-state index in [4.69, 9.17) is 0 Å². The lowest BCUT2D eigenvalue weighted by Crippen LogP contribution is -1.93. The molecule has 0 aliphatic rings. The van der Waals surface area contributed by atoms with E-state index in [1.54, 1.807) is 0 Å². The fraction of sp³-hybridized carbons (Fsp3) is 0. The summed E-state index contributed by atoms with van der Waals surface area (Å²) < 4.78 is 0. The molecule has 0 radical (unpaired) electrons. The Bertz CT molecular complexity index is 1310. The van der Waals surface area contributed by atoms with Crippen molar-refractivity contribution >= 4 is 10.8 Å². The molecule has 0 nitrogen and oxygen atoms in total. The maximum atomic E-state index is 2.29. The molecule has 0 unspecified atom stereocenters. The Morgan fingerprint density at radius 3 is 0.618 bits per heavy atom. The molecule has 0 spiro atoms. The highest BCUT2D eigenvalue weighted by Gasteiger charge is 2.18. The van der Waals surface area contributed by atoms with Gasteiger partial charge in [0.1, 0.15) is 0 Å². The molecule has 0 aliphatic heterocycles. The van der Waals surface area contributed by atoms with Gasteiger partial charge in [0.05, 0.1) is 0 Å². The predicted octanol–water partition coefficient (Wildman–Crippen LogP) is 9.51. The average molecular weight is 433 g/mol. The van der Waals surface area contributed by atoms with Crippen molar-refractivity contribution in [3.05, 3.63) is 146 Å². The first-order valence-electron chi connectivity index (χ1n) is 11.7. The van der Waals surface area contributed by atoms with Crippen molar-refractivity contribution in [3.8, 4) is 44.5 Å². The van der Waals surface area contributed by atoms with E-state index in [0.717, 1.165) is 0 Å². The van der Waals surface area contributed by atoms with Gasteiger partial charge in [0.15, 0.2) is 0 Å². The fourth-order valence-electron chi connectivity index (χ4n) is 4.93. The summed E-state index contributed by atoms with van der Waals surface area (Å²) in [5.74, 6) is 0. The van der Waals surface area contributed by atoms with Gasteiger partial charge in [-0.25, -0.2) is 0 Å². The van der Waals surface area contributed by atoms with Crippen LogP contribution in [0.5, 0.6) is 0 Å². The van der Waals surface area contributed by atoms with Crippen LogP contribution >= 0.6 is 0 Å². The lowest BCUT2D eigenvalue weighted by Gasteiger charge is -2.19. The third-order valence-corrected chi connectivity index (χ3v) is 6.50. The van der Waals surface area contributed by atoms with Gasteiger partial charge in [0.25, 0.3) is 0 Å². The van der Waals surface area contributed by atoms with Crippen LogP contribution in [0.15, 0.2) is 146 Å². The van der Waals surface area contributed by atoms with Gasteiger partial charge < -0.3 is 0 Å². The summed E-state index contributed by atoms with van der Waals surface area (Å²) >= 11 is 0. The number of hydrogen-bond donors (Lipinski definition) is 0. The van der Waals surface area contributed by atoms with Crippen molar-refractivity contribution in [2.75, 3.05) is 0 Å². The zero-order chi connectivity index (χ0) is 22.7. The van der Waals surface area contributed by atoms with Crippen molar-refractivity contribution in [3.63, 3.8) is 0 Å². The minimum absolute atomic E-state index is 1.23. The molecule has 0 bridgehead atoms. The van der Waals surface area contributed by atoms with Crippen LogP contribution in [0.4, 0.5) is 0 Å². The van der Waals surface area contributed by atoms with Gasteiger partial charge in [-0.15, -0.1) is 0 Å². The Morgan fingerprint density at radius 1 is 0.206 bits per heavy atom. The van der Waals surface area contributed by atoms with Crippen LogP contribution in [0, 0.1) is 0 Å². The maximum Gasteiger partial charge on any atom is -0.00143 e. The smallest absolute Gasteiger partial charge is 0.00143 e. The zero-order valence-electron chi connectivity index (χ0n) is 18.9. The molecule has 0 aliphatic carbocycles. The van der Waals surface area contributed by atoms with Crippen molar-refractivity contribution in [1.82, 2.24) is 0 Å². The van der Waals surface area contributed by atoms with Gasteiger partial charge in [0, 0.05) is 0 Å². The van der Waals surface area contributed by atoms with Crippen LogP contribution in [-0.2, 0) is 0 Å². The molecule has 0 saturated carbocycles. The first kappa shape index (κ1) is 20.2. The third-order valence-electron chi connectivity index (χ3n) is 6.50. The highest BCUT2D eigenvalue weighted by molar-refractivity contribution is 6.17. The third kappa shape index (κ3) is 3.60. The molecule has 0 saturated heterocycles. The standard InChI is InChI=1S/C34H24/c1-5-13-25(14-6-1)29-21-22-31(27-17-9-3-10-18-27)34-32(28-19-11-4-12-20-28)24-23-30(33(29)34)26-15-7-2-8-16-26/h1-24H. The summed E-state index contributed by atoms with van der Waals surface area (Å²) in [5, 5.41) is 2.58. The van der Waals surface area contributed by atoms with Gasteiger partial charge >= 0.3 is 0 Å². The summed E-state index contributed by atoms with van der Waals surface area (Å²) in [5.41, 5.74) is 9.95. The Labute approximate surface area is 200 Å². The Hall–Kier alpha value is -4.42. The van der Waals surface area contributed by atoms with Crippen LogP contribution in [0.2, 0.25) is 0 Å². The summed E-state index contributed by atoms with van der Waals surface area (Å²) in [6, 6.07) is 52.1. The maximum absolute atomic E-state index is 2.29. The molecule has 0 heterocycles. The number of hydrogen-bond acceptors (Lipinski definition) is 0. The van der Waals surface area contributed by atoms with Crippen molar-refractivity contribution in [2.45, 2.75) is 0 Å². The predicted molar refractivity (Wildman–Crippen MR) is 146 cm³/mol. The van der Waals surface area contributed by atoms with E-state index >= 15 is 0 Å². The lowest BCUT2D eigenvalue weighted by atomic mass is 9.84. The molecule has 6 aromatic rings. The minimum atomic E-state index is 1.23. The molecule has 0 fully saturated rings. The largest absolute Gasteiger partial charge is 0.0622 e. The van der Waals surface area contributed by atoms with Gasteiger partial charge in [-0.05, 0) is 55.3 Å². The summed E-state index contributed by atoms with van der Waals surface area (Å²) in [6.45, 7) is 0. The van der Waals surface area contributed by atoms with Gasteiger partial charge in [0.2, 0.25) is 0 Å². The highest BCUT2D eigenvalue weighted by Crippen LogP contribution is 2.45. The van der Waals surface area contributed by atoms with Crippen LogP contribution in [0.25, 0.3) is 55.3 Å². The normalized spacial score (nSPS) is 10.9. The quantitative estimate of drug-likeness (QED) is 0.260. The topological polar surface area (TPSA) is 0 Å². The number of fused-ring (bicyclic) bond motifs is 1. The van der Waals surface area contributed by atoms with Crippen LogP contribution in [0.1, 0.15) is 0 Å². The van der Waals surface area contributed by atoms with E-state index in [2.05, 4.69) is 146 Å². The first-order chi connectivity index (χ1) is 16.9. The van der Waals surface area contributed by atoms with E-state index in [-0.39, 0.29) is 0 Å². The van der Waals surface area contributed by atoms with Crippen LogP contribution in [-0.4, -0.2) is 0 Å². The van der Waals surface area contributed by atoms with Crippen molar-refractivity contribution < 1.29 is 0 Å². The summed E-state index contributed by atoms with van der Waals surface area (Å²) in [7, 11) is 0. The van der Waals surface area contributed by atoms with E-state index in [1.807, 2.05) is 0 Å². The molecule has 0 amide bonds. The Balaban J connectivity index is 1.80. The molecule has 6 rings (SSSR count). The molecular weight excluding hydrogens is 408 g/mol. The van der Waals surface area contributed by atoms with Crippen molar-refractivity contribution in [1.29, 1.82) is 0 Å². The second-order valence-electron chi connectivity index (χ2n) is 8.54. The summed E-state index contributed by atoms with van der Waals surface area (Å²) in [6.07, 6.45) is 0. The number of rotatable bonds is 4. The molecule has 0 heteroatoms. The minimum Gasteiger partial charge on any atom is -0.0622 e. The molecule has 0 N–H and O–H groups in total. The van der Waals surface area contributed by atoms with Gasteiger partial charge in [-0.1, -0.05) is 146 Å². The van der Waals surface area contributed by atoms with E-state index in [9.17, 15) is 0 Å². The van der Waals surface area contributed by atoms with Crippen molar-refractivity contribution in [2.24, 2.45) is 0 Å². The SMILES string of the molecule is c1ccc(-c2ccc(-c3ccccc3)c3c(-c4ccccc4)ccc(-c4ccccc4)c23)cc1. The molecular formula is C34H24. The second-order valence-corrected chi connectivity index (χ2v) is 8.54. The Morgan fingerprint density at radius 2 is 0.412 bits per heavy atom. The molecule has 0 aromatic heterocycles. The second kappa shape index (κ2) is 8.84. The molecule has 0 atom stereocenters. The number of benzene rings is 6. The fourth-order valence-corrected chi connectivity index (χ4v) is 4.93. The van der Waals surface area contributed by atoms with Gasteiger partial charge in [-0.3, -0.25) is 0 Å². The highest BCUT2D eigenvalue weighted by atomic mass is 14.2. The van der Waals surface area contributed by atoms with Crippen LogP contribution in [0.3, 0.4) is 0 Å². The lowest BCUT2D eigenvalue weighted by molar-refractivity contribution is 1.59. The average Bonchev–Trinajstić information content (AvgIpc) is 2.94. The molecule has 160 valence electrons. The van der Waals surface area contributed by atoms with E-state index in [0.29, 0.717) is 0 Å².